The standard InChI is InChI=1S/C34H30N4O/c39-34(36-35-25-26-13-17-30(18-14-26)37-23-7-8-24-37)29-15-19-31(20-16-29)38-32(27-9-3-1-4-10-27)21-22-33(38)28-11-5-2-6-12-28/h1-6,9-22,25H,7-8,23-24H2,(H,36,39)/b35-25-. The molecule has 0 radical (unpaired) electrons. The van der Waals surface area contributed by atoms with Crippen molar-refractivity contribution >= 4 is 17.8 Å². The first kappa shape index (κ1) is 24.4. The molecule has 1 aliphatic rings. The summed E-state index contributed by atoms with van der Waals surface area (Å²) in [6, 6.07) is 40.9. The fourth-order valence-electron chi connectivity index (χ4n) is 5.12. The summed E-state index contributed by atoms with van der Waals surface area (Å²) in [4.78, 5) is 15.2. The number of anilines is 1. The average Bonchev–Trinajstić information content (AvgIpc) is 3.70. The number of hydrazone groups is 1. The summed E-state index contributed by atoms with van der Waals surface area (Å²) in [6.45, 7) is 2.24. The number of nitrogens with one attached hydrogen (secondary N) is 1. The van der Waals surface area contributed by atoms with Crippen LogP contribution in [0.15, 0.2) is 126 Å². The average molecular weight is 511 g/mol. The first-order valence-corrected chi connectivity index (χ1v) is 13.4. The number of carbonyl (C=O) groups is 1. The second-order valence-electron chi connectivity index (χ2n) is 9.70. The molecule has 0 saturated carbocycles. The van der Waals surface area contributed by atoms with Crippen molar-refractivity contribution in [3.8, 4) is 28.2 Å². The second-order valence-corrected chi connectivity index (χ2v) is 9.70. The fourth-order valence-corrected chi connectivity index (χ4v) is 5.12. The molecule has 2 heterocycles. The fraction of sp³-hybridized carbons (Fsp3) is 0.118. The molecule has 0 spiro atoms. The third kappa shape index (κ3) is 5.39. The van der Waals surface area contributed by atoms with Crippen LogP contribution in [0.1, 0.15) is 28.8 Å². The Hall–Kier alpha value is -4.90. The van der Waals surface area contributed by atoms with Crippen LogP contribution < -0.4 is 10.3 Å². The van der Waals surface area contributed by atoms with Gasteiger partial charge < -0.3 is 9.47 Å². The van der Waals surface area contributed by atoms with Gasteiger partial charge in [0.15, 0.2) is 0 Å². The number of benzene rings is 4. The molecular weight excluding hydrogens is 480 g/mol. The topological polar surface area (TPSA) is 49.6 Å². The first-order chi connectivity index (χ1) is 19.3. The number of nitrogens with zero attached hydrogens (tertiary/aromatic N) is 3. The number of carbonyl (C=O) groups excluding carboxylic acids is 1. The molecule has 1 fully saturated rings. The van der Waals surface area contributed by atoms with Crippen molar-refractivity contribution in [2.45, 2.75) is 12.8 Å². The summed E-state index contributed by atoms with van der Waals surface area (Å²) >= 11 is 0. The molecule has 0 bridgehead atoms. The summed E-state index contributed by atoms with van der Waals surface area (Å²) in [5.41, 5.74) is 10.8. The Bertz CT molecular complexity index is 1510. The predicted molar refractivity (Wildman–Crippen MR) is 160 cm³/mol. The third-order valence-electron chi connectivity index (χ3n) is 7.15. The van der Waals surface area contributed by atoms with E-state index in [0.717, 1.165) is 46.9 Å². The lowest BCUT2D eigenvalue weighted by Crippen LogP contribution is -2.18. The SMILES string of the molecule is O=C(N/N=C\c1ccc(N2CCCC2)cc1)c1ccc(-n2c(-c3ccccc3)ccc2-c2ccccc2)cc1. The van der Waals surface area contributed by atoms with Crippen molar-refractivity contribution in [1.82, 2.24) is 9.99 Å². The van der Waals surface area contributed by atoms with Crippen molar-refractivity contribution in [2.24, 2.45) is 5.10 Å². The van der Waals surface area contributed by atoms with Gasteiger partial charge in [-0.1, -0.05) is 72.8 Å². The van der Waals surface area contributed by atoms with Crippen molar-refractivity contribution in [3.63, 3.8) is 0 Å². The van der Waals surface area contributed by atoms with Gasteiger partial charge >= 0.3 is 0 Å². The Morgan fingerprint density at radius 1 is 0.641 bits per heavy atom. The van der Waals surface area contributed by atoms with Crippen molar-refractivity contribution < 1.29 is 4.79 Å². The number of rotatable bonds is 7. The number of amides is 1. The summed E-state index contributed by atoms with van der Waals surface area (Å²) in [5, 5.41) is 4.18. The summed E-state index contributed by atoms with van der Waals surface area (Å²) in [6.07, 6.45) is 4.19. The normalized spacial score (nSPS) is 13.2. The van der Waals surface area contributed by atoms with Gasteiger partial charge in [0.25, 0.3) is 5.91 Å². The molecule has 0 aliphatic carbocycles. The molecule has 6 rings (SSSR count). The predicted octanol–water partition coefficient (Wildman–Crippen LogP) is 7.18. The van der Waals surface area contributed by atoms with Gasteiger partial charge in [0.1, 0.15) is 0 Å². The van der Waals surface area contributed by atoms with Gasteiger partial charge in [-0.3, -0.25) is 4.79 Å². The van der Waals surface area contributed by atoms with Crippen LogP contribution in [0.5, 0.6) is 0 Å². The van der Waals surface area contributed by atoms with E-state index in [0.29, 0.717) is 5.56 Å². The molecular formula is C34H30N4O. The van der Waals surface area contributed by atoms with Crippen LogP contribution in [0, 0.1) is 0 Å². The van der Waals surface area contributed by atoms with Crippen molar-refractivity contribution in [1.29, 1.82) is 0 Å². The molecule has 5 aromatic rings. The van der Waals surface area contributed by atoms with Crippen LogP contribution in [0.4, 0.5) is 5.69 Å². The highest BCUT2D eigenvalue weighted by Crippen LogP contribution is 2.32. The maximum atomic E-state index is 12.8. The van der Waals surface area contributed by atoms with Crippen LogP contribution in [-0.4, -0.2) is 29.8 Å². The van der Waals surface area contributed by atoms with E-state index in [2.05, 4.69) is 68.5 Å². The number of hydrogen-bond acceptors (Lipinski definition) is 3. The maximum absolute atomic E-state index is 12.8. The van der Waals surface area contributed by atoms with Crippen LogP contribution in [-0.2, 0) is 0 Å². The second kappa shape index (κ2) is 11.2. The van der Waals surface area contributed by atoms with Crippen molar-refractivity contribution in [2.75, 3.05) is 18.0 Å². The Balaban J connectivity index is 1.20. The molecule has 1 aliphatic heterocycles. The minimum atomic E-state index is -0.245. The molecule has 0 atom stereocenters. The highest BCUT2D eigenvalue weighted by Gasteiger charge is 2.15. The van der Waals surface area contributed by atoms with Gasteiger partial charge in [-0.2, -0.15) is 5.10 Å². The molecule has 4 aromatic carbocycles. The Morgan fingerprint density at radius 3 is 1.74 bits per heavy atom. The van der Waals surface area contributed by atoms with E-state index in [1.54, 1.807) is 6.21 Å². The number of aromatic nitrogens is 1. The molecule has 5 heteroatoms. The molecule has 192 valence electrons. The number of hydrogen-bond donors (Lipinski definition) is 1. The molecule has 0 unspecified atom stereocenters. The molecule has 1 saturated heterocycles. The maximum Gasteiger partial charge on any atom is 0.271 e. The molecule has 1 amide bonds. The van der Waals surface area contributed by atoms with Crippen LogP contribution in [0.3, 0.4) is 0 Å². The summed E-state index contributed by atoms with van der Waals surface area (Å²) < 4.78 is 2.23. The van der Waals surface area contributed by atoms with Gasteiger partial charge in [-0.05, 0) is 78.1 Å². The highest BCUT2D eigenvalue weighted by molar-refractivity contribution is 5.95. The van der Waals surface area contributed by atoms with E-state index in [1.807, 2.05) is 72.8 Å². The first-order valence-electron chi connectivity index (χ1n) is 13.4. The Kier molecular flexibility index (Phi) is 7.04. The van der Waals surface area contributed by atoms with E-state index in [1.165, 1.54) is 18.5 Å². The zero-order valence-corrected chi connectivity index (χ0v) is 21.7. The lowest BCUT2D eigenvalue weighted by Gasteiger charge is -2.17. The minimum Gasteiger partial charge on any atom is -0.372 e. The van der Waals surface area contributed by atoms with Crippen LogP contribution in [0.2, 0.25) is 0 Å². The molecule has 39 heavy (non-hydrogen) atoms. The zero-order chi connectivity index (χ0) is 26.4. The van der Waals surface area contributed by atoms with E-state index in [-0.39, 0.29) is 5.91 Å². The zero-order valence-electron chi connectivity index (χ0n) is 21.7. The molecule has 5 nitrogen and oxygen atoms in total. The summed E-state index contributed by atoms with van der Waals surface area (Å²) in [5.74, 6) is -0.245. The highest BCUT2D eigenvalue weighted by atomic mass is 16.2. The lowest BCUT2D eigenvalue weighted by molar-refractivity contribution is 0.0955. The van der Waals surface area contributed by atoms with E-state index >= 15 is 0 Å². The van der Waals surface area contributed by atoms with Gasteiger partial charge in [0.05, 0.1) is 17.6 Å². The molecule has 1 aromatic heterocycles. The van der Waals surface area contributed by atoms with Gasteiger partial charge in [-0.15, -0.1) is 0 Å². The van der Waals surface area contributed by atoms with Crippen LogP contribution >= 0.6 is 0 Å². The largest absolute Gasteiger partial charge is 0.372 e. The smallest absolute Gasteiger partial charge is 0.271 e. The van der Waals surface area contributed by atoms with E-state index in [4.69, 9.17) is 0 Å². The quantitative estimate of drug-likeness (QED) is 0.186. The Labute approximate surface area is 229 Å². The third-order valence-corrected chi connectivity index (χ3v) is 7.15. The Morgan fingerprint density at radius 2 is 1.18 bits per heavy atom. The van der Waals surface area contributed by atoms with Gasteiger partial charge in [-0.25, -0.2) is 5.43 Å². The van der Waals surface area contributed by atoms with Gasteiger partial charge in [0.2, 0.25) is 0 Å². The van der Waals surface area contributed by atoms with E-state index < -0.39 is 0 Å². The van der Waals surface area contributed by atoms with Crippen molar-refractivity contribution in [3.05, 3.63) is 132 Å². The minimum absolute atomic E-state index is 0.245. The van der Waals surface area contributed by atoms with Crippen LogP contribution in [0.25, 0.3) is 28.2 Å². The van der Waals surface area contributed by atoms with E-state index in [9.17, 15) is 4.79 Å². The lowest BCUT2D eigenvalue weighted by atomic mass is 10.1. The van der Waals surface area contributed by atoms with Gasteiger partial charge in [0, 0.05) is 30.0 Å². The summed E-state index contributed by atoms with van der Waals surface area (Å²) in [7, 11) is 0. The molecule has 1 N–H and O–H groups in total. The monoisotopic (exact) mass is 510 g/mol.